The van der Waals surface area contributed by atoms with E-state index < -0.39 is 0 Å². The second-order valence-electron chi connectivity index (χ2n) is 12.0. The standard InChI is InChI=1S/C36H38O2/c1-25-7-11-27(12-8-25)33(37)29-15-17-30(18-16-29)34(38)28-13-9-26(10-14-28)23-24-36(5,6)32-21-19-31(20-22-32)35(2,3)4/h7-22H,23-24H2,1-6H3. The van der Waals surface area contributed by atoms with E-state index in [2.05, 4.69) is 71.0 Å². The Hall–Kier alpha value is -3.78. The van der Waals surface area contributed by atoms with E-state index in [9.17, 15) is 9.59 Å². The van der Waals surface area contributed by atoms with Crippen LogP contribution < -0.4 is 0 Å². The number of carbonyl (C=O) groups is 2. The van der Waals surface area contributed by atoms with Crippen molar-refractivity contribution in [2.75, 3.05) is 0 Å². The Bertz CT molecular complexity index is 1400. The summed E-state index contributed by atoms with van der Waals surface area (Å²) in [5.41, 5.74) is 7.72. The highest BCUT2D eigenvalue weighted by Gasteiger charge is 2.22. The van der Waals surface area contributed by atoms with Crippen LogP contribution in [0.15, 0.2) is 97.1 Å². The van der Waals surface area contributed by atoms with Crippen molar-refractivity contribution >= 4 is 11.6 Å². The van der Waals surface area contributed by atoms with Gasteiger partial charge >= 0.3 is 0 Å². The number of hydrogen-bond acceptors (Lipinski definition) is 2. The number of carbonyl (C=O) groups excluding carboxylic acids is 2. The first kappa shape index (κ1) is 27.3. The third-order valence-corrected chi connectivity index (χ3v) is 7.51. The van der Waals surface area contributed by atoms with Gasteiger partial charge in [-0.15, -0.1) is 0 Å². The Balaban J connectivity index is 1.38. The molecule has 4 rings (SSSR count). The molecule has 0 amide bonds. The lowest BCUT2D eigenvalue weighted by Crippen LogP contribution is -2.19. The lowest BCUT2D eigenvalue weighted by Gasteiger charge is -2.27. The summed E-state index contributed by atoms with van der Waals surface area (Å²) in [5, 5.41) is 0. The van der Waals surface area contributed by atoms with E-state index in [1.54, 1.807) is 24.3 Å². The molecule has 0 atom stereocenters. The van der Waals surface area contributed by atoms with Gasteiger partial charge in [0.15, 0.2) is 11.6 Å². The summed E-state index contributed by atoms with van der Waals surface area (Å²) < 4.78 is 0. The maximum atomic E-state index is 13.1. The Kier molecular flexibility index (Phi) is 7.83. The van der Waals surface area contributed by atoms with E-state index in [-0.39, 0.29) is 22.4 Å². The molecule has 0 saturated heterocycles. The maximum Gasteiger partial charge on any atom is 0.193 e. The lowest BCUT2D eigenvalue weighted by atomic mass is 9.78. The number of aryl methyl sites for hydroxylation is 2. The van der Waals surface area contributed by atoms with Gasteiger partial charge in [-0.25, -0.2) is 0 Å². The first-order valence-corrected chi connectivity index (χ1v) is 13.4. The van der Waals surface area contributed by atoms with Gasteiger partial charge in [-0.3, -0.25) is 9.59 Å². The summed E-state index contributed by atoms with van der Waals surface area (Å²) in [6, 6.07) is 31.5. The molecule has 0 aliphatic rings. The Labute approximate surface area is 227 Å². The van der Waals surface area contributed by atoms with Crippen molar-refractivity contribution < 1.29 is 9.59 Å². The van der Waals surface area contributed by atoms with Crippen molar-refractivity contribution in [3.05, 3.63) is 142 Å². The van der Waals surface area contributed by atoms with E-state index in [0.29, 0.717) is 22.3 Å². The SMILES string of the molecule is Cc1ccc(C(=O)c2ccc(C(=O)c3ccc(CCC(C)(C)c4ccc(C(C)(C)C)cc4)cc3)cc2)cc1. The molecule has 38 heavy (non-hydrogen) atoms. The number of benzene rings is 4. The van der Waals surface area contributed by atoms with Gasteiger partial charge in [-0.2, -0.15) is 0 Å². The molecule has 194 valence electrons. The summed E-state index contributed by atoms with van der Waals surface area (Å²) >= 11 is 0. The van der Waals surface area contributed by atoms with E-state index in [1.807, 2.05) is 43.3 Å². The molecule has 0 N–H and O–H groups in total. The van der Waals surface area contributed by atoms with Crippen molar-refractivity contribution in [1.29, 1.82) is 0 Å². The third-order valence-electron chi connectivity index (χ3n) is 7.51. The molecular formula is C36H38O2. The highest BCUT2D eigenvalue weighted by molar-refractivity contribution is 6.11. The van der Waals surface area contributed by atoms with Crippen LogP contribution in [0.2, 0.25) is 0 Å². The molecule has 0 aliphatic carbocycles. The average molecular weight is 503 g/mol. The highest BCUT2D eigenvalue weighted by Crippen LogP contribution is 2.31. The second kappa shape index (κ2) is 10.9. The summed E-state index contributed by atoms with van der Waals surface area (Å²) in [6.45, 7) is 13.3. The Morgan fingerprint density at radius 2 is 0.895 bits per heavy atom. The molecule has 0 saturated carbocycles. The zero-order valence-corrected chi connectivity index (χ0v) is 23.5. The molecule has 0 heterocycles. The van der Waals surface area contributed by atoms with Gasteiger partial charge in [0.25, 0.3) is 0 Å². The molecule has 4 aromatic rings. The summed E-state index contributed by atoms with van der Waals surface area (Å²) in [6.07, 6.45) is 1.96. The average Bonchev–Trinajstić information content (AvgIpc) is 2.91. The van der Waals surface area contributed by atoms with Crippen LogP contribution in [0.5, 0.6) is 0 Å². The Morgan fingerprint density at radius 1 is 0.526 bits per heavy atom. The van der Waals surface area contributed by atoms with Crippen molar-refractivity contribution in [3.8, 4) is 0 Å². The van der Waals surface area contributed by atoms with Crippen LogP contribution in [-0.4, -0.2) is 11.6 Å². The number of hydrogen-bond donors (Lipinski definition) is 0. The molecule has 0 radical (unpaired) electrons. The summed E-state index contributed by atoms with van der Waals surface area (Å²) in [5.74, 6) is -0.0772. The van der Waals surface area contributed by atoms with Crippen LogP contribution in [0, 0.1) is 6.92 Å². The van der Waals surface area contributed by atoms with Crippen LogP contribution in [0.1, 0.15) is 95.1 Å². The van der Waals surface area contributed by atoms with E-state index >= 15 is 0 Å². The van der Waals surface area contributed by atoms with Gasteiger partial charge in [-0.05, 0) is 47.3 Å². The molecule has 4 aromatic carbocycles. The number of ketones is 2. The summed E-state index contributed by atoms with van der Waals surface area (Å²) in [4.78, 5) is 25.8. The third kappa shape index (κ3) is 6.37. The zero-order chi connectivity index (χ0) is 27.5. The van der Waals surface area contributed by atoms with Crippen molar-refractivity contribution in [1.82, 2.24) is 0 Å². The zero-order valence-electron chi connectivity index (χ0n) is 23.5. The quantitative estimate of drug-likeness (QED) is 0.226. The van der Waals surface area contributed by atoms with Gasteiger partial charge in [-0.1, -0.05) is 137 Å². The van der Waals surface area contributed by atoms with Crippen LogP contribution in [0.25, 0.3) is 0 Å². The maximum absolute atomic E-state index is 13.1. The van der Waals surface area contributed by atoms with E-state index in [1.165, 1.54) is 16.7 Å². The van der Waals surface area contributed by atoms with Gasteiger partial charge in [0, 0.05) is 22.3 Å². The lowest BCUT2D eigenvalue weighted by molar-refractivity contribution is 0.102. The summed E-state index contributed by atoms with van der Waals surface area (Å²) in [7, 11) is 0. The molecule has 0 spiro atoms. The van der Waals surface area contributed by atoms with Crippen LogP contribution in [0.4, 0.5) is 0 Å². The van der Waals surface area contributed by atoms with Crippen LogP contribution in [-0.2, 0) is 17.3 Å². The van der Waals surface area contributed by atoms with Crippen molar-refractivity contribution in [2.45, 2.75) is 65.2 Å². The Morgan fingerprint density at radius 3 is 1.32 bits per heavy atom. The van der Waals surface area contributed by atoms with Crippen LogP contribution >= 0.6 is 0 Å². The molecule has 2 nitrogen and oxygen atoms in total. The molecule has 0 bridgehead atoms. The topological polar surface area (TPSA) is 34.1 Å². The van der Waals surface area contributed by atoms with Gasteiger partial charge in [0.2, 0.25) is 0 Å². The fourth-order valence-corrected chi connectivity index (χ4v) is 4.66. The van der Waals surface area contributed by atoms with Crippen molar-refractivity contribution in [2.24, 2.45) is 0 Å². The monoisotopic (exact) mass is 502 g/mol. The van der Waals surface area contributed by atoms with Crippen molar-refractivity contribution in [3.63, 3.8) is 0 Å². The molecule has 0 fully saturated rings. The normalized spacial score (nSPS) is 11.8. The largest absolute Gasteiger partial charge is 0.289 e. The fraction of sp³-hybridized carbons (Fsp3) is 0.278. The molecule has 0 aliphatic heterocycles. The van der Waals surface area contributed by atoms with Gasteiger partial charge in [0.05, 0.1) is 0 Å². The minimum atomic E-state index is -0.0404. The van der Waals surface area contributed by atoms with E-state index in [4.69, 9.17) is 0 Å². The van der Waals surface area contributed by atoms with Gasteiger partial charge < -0.3 is 0 Å². The number of rotatable bonds is 8. The minimum Gasteiger partial charge on any atom is -0.289 e. The van der Waals surface area contributed by atoms with Gasteiger partial charge in [0.1, 0.15) is 0 Å². The predicted octanol–water partition coefficient (Wildman–Crippen LogP) is 8.66. The fourth-order valence-electron chi connectivity index (χ4n) is 4.66. The molecule has 2 heteroatoms. The first-order valence-electron chi connectivity index (χ1n) is 13.4. The first-order chi connectivity index (χ1) is 17.9. The van der Waals surface area contributed by atoms with E-state index in [0.717, 1.165) is 18.4 Å². The minimum absolute atomic E-state index is 0.0369. The predicted molar refractivity (Wildman–Crippen MR) is 157 cm³/mol. The molecule has 0 aromatic heterocycles. The van der Waals surface area contributed by atoms with Crippen LogP contribution in [0.3, 0.4) is 0 Å². The molecule has 0 unspecified atom stereocenters. The molecular weight excluding hydrogens is 464 g/mol. The second-order valence-corrected chi connectivity index (χ2v) is 12.0. The highest BCUT2D eigenvalue weighted by atomic mass is 16.1. The smallest absolute Gasteiger partial charge is 0.193 e.